The Bertz CT molecular complexity index is 1330. The summed E-state index contributed by atoms with van der Waals surface area (Å²) in [6.07, 6.45) is 3.70. The first-order valence-electron chi connectivity index (χ1n) is 9.90. The average Bonchev–Trinajstić information content (AvgIpc) is 3.25. The van der Waals surface area contributed by atoms with Crippen molar-refractivity contribution in [3.05, 3.63) is 82.5 Å². The summed E-state index contributed by atoms with van der Waals surface area (Å²) in [5.74, 6) is 1.10. The summed E-state index contributed by atoms with van der Waals surface area (Å²) in [5, 5.41) is 4.08. The molecule has 4 heterocycles. The normalized spacial score (nSPS) is 11.5. The van der Waals surface area contributed by atoms with Crippen molar-refractivity contribution in [2.45, 2.75) is 19.8 Å². The standard InChI is InChI=1S/C21H19BrN5O6P/c22-19-5-1-3-15(25-19)12-31-20-7-6-14(11-24-20)9-16-10-18(33-26-16)17-4-2-8-27(21(17)23)13-32-34(28,29)30/h1-8,10-11,23H,9,12-13H2,(H2,28,29,30)/p+1. The Morgan fingerprint density at radius 2 is 2.00 bits per heavy atom. The summed E-state index contributed by atoms with van der Waals surface area (Å²) in [5.41, 5.74) is 8.97. The molecule has 0 saturated heterocycles. The second-order valence-electron chi connectivity index (χ2n) is 7.13. The Morgan fingerprint density at radius 3 is 2.74 bits per heavy atom. The first kappa shape index (κ1) is 24.0. The SMILES string of the molecule is Nc1c(-c2cc(Cc3ccc(OCc4cccc(Br)n4)nc3)no2)ccc[n+]1COP(=O)(O)O. The maximum absolute atomic E-state index is 11.0. The van der Waals surface area contributed by atoms with Gasteiger partial charge in [-0.25, -0.2) is 23.6 Å². The summed E-state index contributed by atoms with van der Waals surface area (Å²) in [4.78, 5) is 26.4. The molecule has 0 fully saturated rings. The largest absolute Gasteiger partial charge is 0.472 e. The lowest BCUT2D eigenvalue weighted by Gasteiger charge is -2.07. The molecule has 0 saturated carbocycles. The second kappa shape index (κ2) is 10.4. The van der Waals surface area contributed by atoms with Crippen LogP contribution in [0, 0.1) is 0 Å². The molecule has 0 spiro atoms. The number of rotatable bonds is 9. The van der Waals surface area contributed by atoms with Crippen LogP contribution in [0.2, 0.25) is 0 Å². The molecule has 0 aromatic carbocycles. The molecule has 176 valence electrons. The third-order valence-corrected chi connectivity index (χ3v) is 5.52. The highest BCUT2D eigenvalue weighted by atomic mass is 79.9. The average molecular weight is 549 g/mol. The van der Waals surface area contributed by atoms with Crippen molar-refractivity contribution in [1.82, 2.24) is 15.1 Å². The van der Waals surface area contributed by atoms with Crippen LogP contribution in [0.3, 0.4) is 0 Å². The van der Waals surface area contributed by atoms with Crippen LogP contribution >= 0.6 is 23.8 Å². The first-order chi connectivity index (χ1) is 16.3. The van der Waals surface area contributed by atoms with E-state index in [-0.39, 0.29) is 5.82 Å². The van der Waals surface area contributed by atoms with E-state index in [0.717, 1.165) is 15.9 Å². The van der Waals surface area contributed by atoms with Gasteiger partial charge in [-0.05, 0) is 45.8 Å². The lowest BCUT2D eigenvalue weighted by molar-refractivity contribution is -0.711. The molecule has 0 aliphatic heterocycles. The fraction of sp³-hybridized carbons (Fsp3) is 0.143. The maximum atomic E-state index is 11.0. The number of hydrogen-bond donors (Lipinski definition) is 3. The molecule has 0 aliphatic carbocycles. The smallest absolute Gasteiger partial charge is 0.471 e. The van der Waals surface area contributed by atoms with E-state index < -0.39 is 14.6 Å². The minimum Gasteiger partial charge on any atom is -0.471 e. The Morgan fingerprint density at radius 1 is 1.15 bits per heavy atom. The molecule has 11 nitrogen and oxygen atoms in total. The molecular formula is C21H20BrN5O6P+. The number of ether oxygens (including phenoxy) is 1. The summed E-state index contributed by atoms with van der Waals surface area (Å²) in [7, 11) is -4.63. The molecular weight excluding hydrogens is 529 g/mol. The molecule has 0 radical (unpaired) electrons. The fourth-order valence-electron chi connectivity index (χ4n) is 3.03. The van der Waals surface area contributed by atoms with Gasteiger partial charge in [0.2, 0.25) is 12.6 Å². The lowest BCUT2D eigenvalue weighted by atomic mass is 10.1. The Balaban J connectivity index is 1.40. The van der Waals surface area contributed by atoms with E-state index in [4.69, 9.17) is 24.8 Å². The zero-order chi connectivity index (χ0) is 24.1. The van der Waals surface area contributed by atoms with Crippen molar-refractivity contribution < 1.29 is 32.7 Å². The lowest BCUT2D eigenvalue weighted by Crippen LogP contribution is -2.38. The van der Waals surface area contributed by atoms with E-state index in [9.17, 15) is 4.57 Å². The Kier molecular flexibility index (Phi) is 7.35. The van der Waals surface area contributed by atoms with Crippen molar-refractivity contribution in [3.63, 3.8) is 0 Å². The molecule has 4 N–H and O–H groups in total. The molecule has 13 heteroatoms. The minimum atomic E-state index is -4.63. The van der Waals surface area contributed by atoms with Crippen LogP contribution < -0.4 is 15.0 Å². The van der Waals surface area contributed by atoms with Crippen LogP contribution in [0.5, 0.6) is 5.88 Å². The van der Waals surface area contributed by atoms with Gasteiger partial charge in [-0.15, -0.1) is 0 Å². The van der Waals surface area contributed by atoms with Crippen molar-refractivity contribution >= 4 is 29.6 Å². The van der Waals surface area contributed by atoms with Gasteiger partial charge in [0.15, 0.2) is 5.76 Å². The van der Waals surface area contributed by atoms with Crippen LogP contribution in [0.25, 0.3) is 11.3 Å². The van der Waals surface area contributed by atoms with Gasteiger partial charge in [0.05, 0.1) is 17.6 Å². The summed E-state index contributed by atoms with van der Waals surface area (Å²) >= 11 is 3.33. The monoisotopic (exact) mass is 548 g/mol. The fourth-order valence-corrected chi connectivity index (χ4v) is 3.69. The number of phosphoric ester groups is 1. The minimum absolute atomic E-state index is 0.210. The van der Waals surface area contributed by atoms with Gasteiger partial charge >= 0.3 is 7.82 Å². The number of aromatic nitrogens is 4. The highest BCUT2D eigenvalue weighted by Gasteiger charge is 2.20. The van der Waals surface area contributed by atoms with Crippen LogP contribution in [-0.2, 0) is 28.8 Å². The number of phosphoric acid groups is 1. The number of nitrogens with zero attached hydrogens (tertiary/aromatic N) is 4. The first-order valence-corrected chi connectivity index (χ1v) is 12.2. The van der Waals surface area contributed by atoms with E-state index in [1.807, 2.05) is 24.3 Å². The maximum Gasteiger partial charge on any atom is 0.472 e. The van der Waals surface area contributed by atoms with Crippen LogP contribution in [-0.4, -0.2) is 24.9 Å². The predicted molar refractivity (Wildman–Crippen MR) is 123 cm³/mol. The predicted octanol–water partition coefficient (Wildman–Crippen LogP) is 3.00. The van der Waals surface area contributed by atoms with Gasteiger partial charge in [-0.3, -0.25) is 5.73 Å². The summed E-state index contributed by atoms with van der Waals surface area (Å²) in [6.45, 7) is -0.112. The molecule has 34 heavy (non-hydrogen) atoms. The molecule has 0 aliphatic rings. The highest BCUT2D eigenvalue weighted by molar-refractivity contribution is 9.10. The zero-order valence-electron chi connectivity index (χ0n) is 17.6. The van der Waals surface area contributed by atoms with E-state index in [2.05, 4.69) is 35.6 Å². The molecule has 4 rings (SSSR count). The second-order valence-corrected chi connectivity index (χ2v) is 9.18. The van der Waals surface area contributed by atoms with Gasteiger partial charge in [-0.2, -0.15) is 0 Å². The zero-order valence-corrected chi connectivity index (χ0v) is 20.1. The van der Waals surface area contributed by atoms with Crippen molar-refractivity contribution in [2.75, 3.05) is 5.73 Å². The van der Waals surface area contributed by atoms with Crippen molar-refractivity contribution in [3.8, 4) is 17.2 Å². The number of hydrogen-bond acceptors (Lipinski definition) is 8. The van der Waals surface area contributed by atoms with Crippen LogP contribution in [0.15, 0.2) is 70.1 Å². The van der Waals surface area contributed by atoms with E-state index in [0.29, 0.717) is 35.9 Å². The number of nitrogens with two attached hydrogens (primary N) is 1. The van der Waals surface area contributed by atoms with E-state index >= 15 is 0 Å². The summed E-state index contributed by atoms with van der Waals surface area (Å²) in [6, 6.07) is 14.4. The molecule has 0 amide bonds. The van der Waals surface area contributed by atoms with Gasteiger partial charge in [0.25, 0.3) is 5.82 Å². The van der Waals surface area contributed by atoms with Gasteiger partial charge in [0, 0.05) is 24.8 Å². The van der Waals surface area contributed by atoms with Gasteiger partial charge in [-0.1, -0.05) is 17.3 Å². The number of nitrogen functional groups attached to an aromatic ring is 1. The highest BCUT2D eigenvalue weighted by Crippen LogP contribution is 2.35. The Hall–Kier alpha value is -3.15. The van der Waals surface area contributed by atoms with Crippen molar-refractivity contribution in [1.29, 1.82) is 0 Å². The molecule has 4 aromatic rings. The van der Waals surface area contributed by atoms with Crippen LogP contribution in [0.4, 0.5) is 5.82 Å². The van der Waals surface area contributed by atoms with Crippen LogP contribution in [0.1, 0.15) is 17.0 Å². The number of pyridine rings is 3. The van der Waals surface area contributed by atoms with Gasteiger partial charge < -0.3 is 19.0 Å². The molecule has 0 bridgehead atoms. The molecule has 0 unspecified atom stereocenters. The summed E-state index contributed by atoms with van der Waals surface area (Å²) < 4.78 is 28.7. The number of anilines is 1. The molecule has 4 aromatic heterocycles. The molecule has 0 atom stereocenters. The third-order valence-electron chi connectivity index (χ3n) is 4.63. The third kappa shape index (κ3) is 6.46. The quantitative estimate of drug-likeness (QED) is 0.161. The van der Waals surface area contributed by atoms with Crippen molar-refractivity contribution in [2.24, 2.45) is 0 Å². The number of halogens is 1. The van der Waals surface area contributed by atoms with E-state index in [1.54, 1.807) is 30.5 Å². The topological polar surface area (TPSA) is 158 Å². The van der Waals surface area contributed by atoms with Gasteiger partial charge in [0.1, 0.15) is 16.8 Å². The Labute approximate surface area is 202 Å². The van der Waals surface area contributed by atoms with E-state index in [1.165, 1.54) is 10.8 Å².